The van der Waals surface area contributed by atoms with E-state index >= 15 is 0 Å². The molecule has 0 bridgehead atoms. The van der Waals surface area contributed by atoms with E-state index in [1.807, 2.05) is 40.6 Å². The van der Waals surface area contributed by atoms with E-state index in [2.05, 4.69) is 4.90 Å². The number of benzene rings is 1. The Hall–Kier alpha value is -2.09. The molecule has 1 aliphatic rings. The molecule has 1 fully saturated rings. The lowest BCUT2D eigenvalue weighted by atomic mass is 10.1. The lowest BCUT2D eigenvalue weighted by Gasteiger charge is -2.35. The topological polar surface area (TPSA) is 62.2 Å². The first-order valence-corrected chi connectivity index (χ1v) is 9.91. The van der Waals surface area contributed by atoms with Gasteiger partial charge in [-0.3, -0.25) is 9.69 Å². The molecule has 0 spiro atoms. The second-order valence-electron chi connectivity index (χ2n) is 6.58. The summed E-state index contributed by atoms with van der Waals surface area (Å²) in [5, 5.41) is 12.3. The Kier molecular flexibility index (Phi) is 6.71. The monoisotopic (exact) mass is 390 g/mol. The molecule has 0 saturated carbocycles. The van der Waals surface area contributed by atoms with Gasteiger partial charge in [-0.25, -0.2) is 0 Å². The summed E-state index contributed by atoms with van der Waals surface area (Å²) in [6.07, 6.45) is -0.114. The SMILES string of the molecule is COc1ccc(CC(=O)N2CCN(C[C@@H](O)c3cccs3)CC2)cc1OC. The third-order valence-corrected chi connectivity index (χ3v) is 5.80. The summed E-state index contributed by atoms with van der Waals surface area (Å²) in [4.78, 5) is 17.7. The Bertz CT molecular complexity index is 742. The Morgan fingerprint density at radius 3 is 2.52 bits per heavy atom. The van der Waals surface area contributed by atoms with Crippen LogP contribution in [0.2, 0.25) is 0 Å². The van der Waals surface area contributed by atoms with Gasteiger partial charge in [-0.1, -0.05) is 12.1 Å². The van der Waals surface area contributed by atoms with Crippen molar-refractivity contribution in [2.75, 3.05) is 46.9 Å². The molecule has 3 rings (SSSR count). The fourth-order valence-corrected chi connectivity index (χ4v) is 3.98. The molecule has 1 aromatic carbocycles. The number of rotatable bonds is 7. The molecule has 0 radical (unpaired) electrons. The fourth-order valence-electron chi connectivity index (χ4n) is 3.27. The minimum Gasteiger partial charge on any atom is -0.493 e. The van der Waals surface area contributed by atoms with Crippen molar-refractivity contribution in [3.8, 4) is 11.5 Å². The highest BCUT2D eigenvalue weighted by atomic mass is 32.1. The third kappa shape index (κ3) is 5.00. The van der Waals surface area contributed by atoms with E-state index in [0.717, 1.165) is 23.5 Å². The predicted octanol–water partition coefficient (Wildman–Crippen LogP) is 2.19. The van der Waals surface area contributed by atoms with E-state index in [0.29, 0.717) is 37.6 Å². The van der Waals surface area contributed by atoms with Crippen molar-refractivity contribution in [3.63, 3.8) is 0 Å². The number of methoxy groups -OCH3 is 2. The summed E-state index contributed by atoms with van der Waals surface area (Å²) >= 11 is 1.57. The largest absolute Gasteiger partial charge is 0.493 e. The number of carbonyl (C=O) groups is 1. The normalized spacial score (nSPS) is 16.2. The van der Waals surface area contributed by atoms with Crippen molar-refractivity contribution < 1.29 is 19.4 Å². The molecule has 0 unspecified atom stereocenters. The molecule has 146 valence electrons. The lowest BCUT2D eigenvalue weighted by Crippen LogP contribution is -2.49. The molecule has 1 atom stereocenters. The second kappa shape index (κ2) is 9.21. The Morgan fingerprint density at radius 2 is 1.89 bits per heavy atom. The number of hydrogen-bond donors (Lipinski definition) is 1. The van der Waals surface area contributed by atoms with Crippen molar-refractivity contribution in [1.29, 1.82) is 0 Å². The van der Waals surface area contributed by atoms with Gasteiger partial charge in [0.25, 0.3) is 0 Å². The molecule has 2 heterocycles. The number of thiophene rings is 1. The Balaban J connectivity index is 1.50. The smallest absolute Gasteiger partial charge is 0.227 e. The van der Waals surface area contributed by atoms with Crippen LogP contribution < -0.4 is 9.47 Å². The van der Waals surface area contributed by atoms with Gasteiger partial charge in [0.15, 0.2) is 11.5 Å². The van der Waals surface area contributed by atoms with E-state index in [1.165, 1.54) is 0 Å². The van der Waals surface area contributed by atoms with Crippen molar-refractivity contribution in [2.45, 2.75) is 12.5 Å². The number of aliphatic hydroxyl groups is 1. The van der Waals surface area contributed by atoms with E-state index in [9.17, 15) is 9.90 Å². The van der Waals surface area contributed by atoms with Gasteiger partial charge in [0.05, 0.1) is 20.6 Å². The van der Waals surface area contributed by atoms with Gasteiger partial charge in [-0.2, -0.15) is 0 Å². The zero-order chi connectivity index (χ0) is 19.2. The number of aliphatic hydroxyl groups excluding tert-OH is 1. The predicted molar refractivity (Wildman–Crippen MR) is 106 cm³/mol. The van der Waals surface area contributed by atoms with Crippen LogP contribution >= 0.6 is 11.3 Å². The van der Waals surface area contributed by atoms with E-state index in [1.54, 1.807) is 25.6 Å². The molecule has 7 heteroatoms. The number of β-amino-alcohol motifs (C(OH)–C–C–N with tert-alkyl or cyclic N) is 1. The van der Waals surface area contributed by atoms with Gasteiger partial charge in [0.2, 0.25) is 5.91 Å². The van der Waals surface area contributed by atoms with Crippen molar-refractivity contribution in [2.24, 2.45) is 0 Å². The van der Waals surface area contributed by atoms with Crippen LogP contribution in [-0.4, -0.2) is 67.8 Å². The van der Waals surface area contributed by atoms with Crippen LogP contribution in [0, 0.1) is 0 Å². The molecular weight excluding hydrogens is 364 g/mol. The number of amides is 1. The van der Waals surface area contributed by atoms with Crippen LogP contribution in [0.25, 0.3) is 0 Å². The number of piperazine rings is 1. The van der Waals surface area contributed by atoms with Crippen molar-refractivity contribution >= 4 is 17.2 Å². The summed E-state index contributed by atoms with van der Waals surface area (Å²) in [7, 11) is 3.19. The summed E-state index contributed by atoms with van der Waals surface area (Å²) in [6, 6.07) is 9.48. The molecule has 1 N–H and O–H groups in total. The molecule has 2 aromatic rings. The van der Waals surface area contributed by atoms with Crippen molar-refractivity contribution in [1.82, 2.24) is 9.80 Å². The van der Waals surface area contributed by atoms with Crippen LogP contribution in [-0.2, 0) is 11.2 Å². The zero-order valence-corrected chi connectivity index (χ0v) is 16.6. The summed E-state index contributed by atoms with van der Waals surface area (Å²) in [5.74, 6) is 1.41. The molecule has 1 saturated heterocycles. The first-order valence-electron chi connectivity index (χ1n) is 9.03. The maximum absolute atomic E-state index is 12.6. The molecule has 1 aliphatic heterocycles. The van der Waals surface area contributed by atoms with Gasteiger partial charge >= 0.3 is 0 Å². The average molecular weight is 391 g/mol. The van der Waals surface area contributed by atoms with Crippen molar-refractivity contribution in [3.05, 3.63) is 46.2 Å². The molecule has 1 amide bonds. The maximum atomic E-state index is 12.6. The average Bonchev–Trinajstić information content (AvgIpc) is 3.23. The number of nitrogens with zero attached hydrogens (tertiary/aromatic N) is 2. The molecular formula is C20H26N2O4S. The van der Waals surface area contributed by atoms with Crippen LogP contribution in [0.4, 0.5) is 0 Å². The Labute approximate surface area is 163 Å². The first-order chi connectivity index (χ1) is 13.1. The number of carbonyl (C=O) groups excluding carboxylic acids is 1. The number of hydrogen-bond acceptors (Lipinski definition) is 6. The van der Waals surface area contributed by atoms with Crippen LogP contribution in [0.5, 0.6) is 11.5 Å². The summed E-state index contributed by atoms with van der Waals surface area (Å²) < 4.78 is 10.5. The lowest BCUT2D eigenvalue weighted by molar-refractivity contribution is -0.132. The highest BCUT2D eigenvalue weighted by molar-refractivity contribution is 7.10. The van der Waals surface area contributed by atoms with Gasteiger partial charge in [0.1, 0.15) is 6.10 Å². The molecule has 27 heavy (non-hydrogen) atoms. The van der Waals surface area contributed by atoms with Crippen LogP contribution in [0.15, 0.2) is 35.7 Å². The molecule has 0 aliphatic carbocycles. The van der Waals surface area contributed by atoms with E-state index in [-0.39, 0.29) is 5.91 Å². The van der Waals surface area contributed by atoms with Gasteiger partial charge in [-0.15, -0.1) is 11.3 Å². The Morgan fingerprint density at radius 1 is 1.15 bits per heavy atom. The zero-order valence-electron chi connectivity index (χ0n) is 15.8. The fraction of sp³-hybridized carbons (Fsp3) is 0.450. The minimum atomic E-state index is -0.459. The summed E-state index contributed by atoms with van der Waals surface area (Å²) in [5.41, 5.74) is 0.910. The molecule has 1 aromatic heterocycles. The summed E-state index contributed by atoms with van der Waals surface area (Å²) in [6.45, 7) is 3.53. The van der Waals surface area contributed by atoms with Gasteiger partial charge < -0.3 is 19.5 Å². The third-order valence-electron chi connectivity index (χ3n) is 4.83. The van der Waals surface area contributed by atoms with Crippen LogP contribution in [0.3, 0.4) is 0 Å². The molecule has 6 nitrogen and oxygen atoms in total. The maximum Gasteiger partial charge on any atom is 0.227 e. The van der Waals surface area contributed by atoms with Gasteiger partial charge in [0, 0.05) is 37.6 Å². The van der Waals surface area contributed by atoms with E-state index < -0.39 is 6.10 Å². The quantitative estimate of drug-likeness (QED) is 0.785. The van der Waals surface area contributed by atoms with Gasteiger partial charge in [-0.05, 0) is 29.1 Å². The first kappa shape index (κ1) is 19.7. The minimum absolute atomic E-state index is 0.112. The second-order valence-corrected chi connectivity index (χ2v) is 7.56. The highest BCUT2D eigenvalue weighted by Crippen LogP contribution is 2.28. The van der Waals surface area contributed by atoms with Crippen LogP contribution in [0.1, 0.15) is 16.5 Å². The standard InChI is InChI=1S/C20H26N2O4S/c1-25-17-6-5-15(12-18(17)26-2)13-20(24)22-9-7-21(8-10-22)14-16(23)19-4-3-11-27-19/h3-6,11-12,16,23H,7-10,13-14H2,1-2H3/t16-/m1/s1. The van der Waals surface area contributed by atoms with E-state index in [4.69, 9.17) is 9.47 Å². The highest BCUT2D eigenvalue weighted by Gasteiger charge is 2.23. The number of ether oxygens (including phenoxy) is 2.